The van der Waals surface area contributed by atoms with Gasteiger partial charge in [0.1, 0.15) is 5.76 Å². The zero-order valence-corrected chi connectivity index (χ0v) is 38.1. The highest BCUT2D eigenvalue weighted by atomic mass is 16.3. The predicted molar refractivity (Wildman–Crippen MR) is 254 cm³/mol. The minimum Gasteiger partial charge on any atom is -0.472 e. The average molecular weight is 779 g/mol. The van der Waals surface area contributed by atoms with Crippen molar-refractivity contribution in [3.05, 3.63) is 137 Å². The van der Waals surface area contributed by atoms with Crippen molar-refractivity contribution in [1.82, 2.24) is 0 Å². The molecule has 0 bridgehead atoms. The van der Waals surface area contributed by atoms with E-state index in [0.29, 0.717) is 0 Å². The fraction of sp³-hybridized carbons (Fsp3) is 0.382. The molecule has 6 aromatic rings. The van der Waals surface area contributed by atoms with Crippen molar-refractivity contribution >= 4 is 57.4 Å². The van der Waals surface area contributed by atoms with Crippen LogP contribution in [0.1, 0.15) is 136 Å². The molecule has 4 heteroatoms. The summed E-state index contributed by atoms with van der Waals surface area (Å²) in [6.45, 7) is 32.7. The minimum absolute atomic E-state index is 0.00569. The smallest absolute Gasteiger partial charge is 0.297 e. The van der Waals surface area contributed by atoms with E-state index in [-0.39, 0.29) is 33.8 Å². The fourth-order valence-corrected chi connectivity index (χ4v) is 10.1. The van der Waals surface area contributed by atoms with Crippen LogP contribution in [0.5, 0.6) is 0 Å². The Hall–Kier alpha value is -4.96. The molecule has 0 saturated carbocycles. The molecule has 0 unspecified atom stereocenters. The molecule has 0 fully saturated rings. The highest BCUT2D eigenvalue weighted by Crippen LogP contribution is 2.55. The molecule has 5 aromatic carbocycles. The third-order valence-corrected chi connectivity index (χ3v) is 13.7. The van der Waals surface area contributed by atoms with E-state index in [4.69, 9.17) is 4.42 Å². The van der Waals surface area contributed by atoms with Crippen LogP contribution in [0.3, 0.4) is 0 Å². The molecule has 0 radical (unpaired) electrons. The van der Waals surface area contributed by atoms with Crippen molar-refractivity contribution in [2.75, 3.05) is 9.80 Å². The maximum absolute atomic E-state index is 7.57. The van der Waals surface area contributed by atoms with Gasteiger partial charge in [0.2, 0.25) is 0 Å². The summed E-state index contributed by atoms with van der Waals surface area (Å²) in [5.74, 6) is 1.15. The van der Waals surface area contributed by atoms with Crippen LogP contribution in [-0.2, 0) is 27.1 Å². The van der Waals surface area contributed by atoms with Crippen molar-refractivity contribution in [2.45, 2.75) is 137 Å². The van der Waals surface area contributed by atoms with Crippen molar-refractivity contribution in [2.24, 2.45) is 0 Å². The summed E-state index contributed by atoms with van der Waals surface area (Å²) in [5, 5.41) is 0. The first-order valence-electron chi connectivity index (χ1n) is 21.9. The van der Waals surface area contributed by atoms with Gasteiger partial charge in [-0.1, -0.05) is 151 Å². The molecule has 0 atom stereocenters. The van der Waals surface area contributed by atoms with Gasteiger partial charge in [-0.3, -0.25) is 0 Å². The van der Waals surface area contributed by atoms with Gasteiger partial charge >= 0.3 is 0 Å². The van der Waals surface area contributed by atoms with Gasteiger partial charge in [-0.15, -0.1) is 0 Å². The molecule has 1 aromatic heterocycles. The Bertz CT molecular complexity index is 2620. The molecule has 302 valence electrons. The molecule has 0 N–H and O–H groups in total. The number of rotatable bonds is 3. The first kappa shape index (κ1) is 39.5. The Balaban J connectivity index is 1.41. The van der Waals surface area contributed by atoms with E-state index in [2.05, 4.69) is 210 Å². The van der Waals surface area contributed by atoms with Crippen LogP contribution in [0.15, 0.2) is 108 Å². The van der Waals surface area contributed by atoms with Crippen molar-refractivity contribution < 1.29 is 4.42 Å². The van der Waals surface area contributed by atoms with Gasteiger partial charge in [0.15, 0.2) is 0 Å². The van der Waals surface area contributed by atoms with Gasteiger partial charge in [-0.05, 0) is 123 Å². The number of furan rings is 1. The molecule has 2 aliphatic heterocycles. The number of nitrogens with zero attached hydrogens (tertiary/aromatic N) is 2. The van der Waals surface area contributed by atoms with Crippen LogP contribution in [0, 0.1) is 6.92 Å². The Morgan fingerprint density at radius 2 is 1.12 bits per heavy atom. The lowest BCUT2D eigenvalue weighted by Gasteiger charge is -2.45. The number of fused-ring (bicyclic) bond motifs is 6. The lowest BCUT2D eigenvalue weighted by atomic mass is 9.35. The second-order valence-corrected chi connectivity index (χ2v) is 22.3. The summed E-state index contributed by atoms with van der Waals surface area (Å²) >= 11 is 0. The topological polar surface area (TPSA) is 19.6 Å². The Labute approximate surface area is 354 Å². The Morgan fingerprint density at radius 1 is 0.559 bits per heavy atom. The molecule has 1 aliphatic carbocycles. The van der Waals surface area contributed by atoms with Crippen LogP contribution in [0.25, 0.3) is 11.1 Å². The van der Waals surface area contributed by atoms with Gasteiger partial charge < -0.3 is 14.2 Å². The number of hydrogen-bond acceptors (Lipinski definition) is 3. The van der Waals surface area contributed by atoms with E-state index in [1.807, 2.05) is 0 Å². The highest BCUT2D eigenvalue weighted by Gasteiger charge is 2.52. The molecule has 0 saturated heterocycles. The summed E-state index contributed by atoms with van der Waals surface area (Å²) in [4.78, 5) is 5.19. The molecule has 59 heavy (non-hydrogen) atoms. The lowest BCUT2D eigenvalue weighted by molar-refractivity contribution is 0.282. The summed E-state index contributed by atoms with van der Waals surface area (Å²) < 4.78 is 7.57. The van der Waals surface area contributed by atoms with E-state index >= 15 is 0 Å². The number of benzene rings is 5. The standard InChI is InChI=1S/C55H63BN2O/c1-34-30-44-47-45(31-34)58(42-27-23-37(52(5,6)7)32-40(42)35-18-16-15-17-19-35)43-33-38(53(8,9)10)22-26-41(43)56(47)50-48(46-49(59-50)55(13,14)29-28-54(46,11)12)57(44)39-24-20-36(21-25-39)51(2,3)4/h15-27,30-33H,28-29H2,1-14H3. The zero-order valence-electron chi connectivity index (χ0n) is 38.1. The SMILES string of the molecule is Cc1cc2c3c(c1)N(c1ccc(C(C)(C)C)cc1)c1c(oc4c1C(C)(C)CCC4(C)C)B3c1ccc(C(C)(C)C)cc1N2c1ccc(C(C)(C)C)cc1-c1ccccc1. The van der Waals surface area contributed by atoms with Crippen LogP contribution in [0.2, 0.25) is 0 Å². The summed E-state index contributed by atoms with van der Waals surface area (Å²) in [7, 11) is 0. The molecule has 3 heterocycles. The van der Waals surface area contributed by atoms with Crippen LogP contribution < -0.4 is 26.4 Å². The van der Waals surface area contributed by atoms with E-state index in [0.717, 1.165) is 24.3 Å². The van der Waals surface area contributed by atoms with Gasteiger partial charge in [-0.25, -0.2) is 0 Å². The van der Waals surface area contributed by atoms with Crippen molar-refractivity contribution in [3.8, 4) is 11.1 Å². The third-order valence-electron chi connectivity index (χ3n) is 13.7. The van der Waals surface area contributed by atoms with Gasteiger partial charge in [-0.2, -0.15) is 0 Å². The summed E-state index contributed by atoms with van der Waals surface area (Å²) in [6.07, 6.45) is 2.20. The molecule has 3 nitrogen and oxygen atoms in total. The molecular weight excluding hydrogens is 715 g/mol. The van der Waals surface area contributed by atoms with Crippen molar-refractivity contribution in [1.29, 1.82) is 0 Å². The molecule has 0 amide bonds. The summed E-state index contributed by atoms with van der Waals surface area (Å²) in [6, 6.07) is 39.7. The maximum Gasteiger partial charge on any atom is 0.297 e. The van der Waals surface area contributed by atoms with Gasteiger partial charge in [0.05, 0.1) is 17.0 Å². The normalized spacial score (nSPS) is 16.7. The van der Waals surface area contributed by atoms with Crippen LogP contribution in [0.4, 0.5) is 34.1 Å². The highest BCUT2D eigenvalue weighted by molar-refractivity contribution is 6.99. The largest absolute Gasteiger partial charge is 0.472 e. The van der Waals surface area contributed by atoms with E-state index in [1.165, 1.54) is 84.0 Å². The third kappa shape index (κ3) is 6.31. The van der Waals surface area contributed by atoms with E-state index in [1.54, 1.807) is 0 Å². The van der Waals surface area contributed by atoms with Crippen LogP contribution >= 0.6 is 0 Å². The van der Waals surface area contributed by atoms with Crippen molar-refractivity contribution in [3.63, 3.8) is 0 Å². The Morgan fingerprint density at radius 3 is 1.75 bits per heavy atom. The van der Waals surface area contributed by atoms with Gasteiger partial charge in [0, 0.05) is 39.3 Å². The molecule has 3 aliphatic rings. The lowest BCUT2D eigenvalue weighted by Crippen LogP contribution is -2.61. The monoisotopic (exact) mass is 779 g/mol. The first-order valence-corrected chi connectivity index (χ1v) is 21.9. The molecule has 0 spiro atoms. The van der Waals surface area contributed by atoms with Crippen LogP contribution in [-0.4, -0.2) is 6.71 Å². The molecular formula is C55H63BN2O. The van der Waals surface area contributed by atoms with Gasteiger partial charge in [0.25, 0.3) is 6.71 Å². The predicted octanol–water partition coefficient (Wildman–Crippen LogP) is 13.6. The average Bonchev–Trinajstić information content (AvgIpc) is 3.58. The van der Waals surface area contributed by atoms with E-state index < -0.39 is 0 Å². The zero-order chi connectivity index (χ0) is 42.2. The number of aryl methyl sites for hydroxylation is 1. The Kier molecular flexibility index (Phi) is 8.72. The fourth-order valence-electron chi connectivity index (χ4n) is 10.1. The number of hydrogen-bond donors (Lipinski definition) is 0. The number of anilines is 6. The second kappa shape index (κ2) is 13.0. The second-order valence-electron chi connectivity index (χ2n) is 22.3. The quantitative estimate of drug-likeness (QED) is 0.167. The maximum atomic E-state index is 7.57. The minimum atomic E-state index is -0.0894. The van der Waals surface area contributed by atoms with E-state index in [9.17, 15) is 0 Å². The summed E-state index contributed by atoms with van der Waals surface area (Å²) in [5.41, 5.74) is 19.9. The first-order chi connectivity index (χ1) is 27.6. The molecule has 9 rings (SSSR count).